The molecule has 0 radical (unpaired) electrons. The van der Waals surface area contributed by atoms with Crippen molar-refractivity contribution in [3.63, 3.8) is 0 Å². The van der Waals surface area contributed by atoms with Crippen LogP contribution in [0, 0.1) is 0 Å². The summed E-state index contributed by atoms with van der Waals surface area (Å²) in [4.78, 5) is 15.7. The molecule has 2 aliphatic rings. The molecule has 0 saturated carbocycles. The van der Waals surface area contributed by atoms with E-state index in [1.165, 1.54) is 27.5 Å². The van der Waals surface area contributed by atoms with Gasteiger partial charge in [0.1, 0.15) is 11.2 Å². The Hall–Kier alpha value is -6.65. The van der Waals surface area contributed by atoms with E-state index in [9.17, 15) is 0 Å². The predicted octanol–water partition coefficient (Wildman–Crippen LogP) is 13.1. The minimum absolute atomic E-state index is 0.161. The van der Waals surface area contributed by atoms with Gasteiger partial charge in [-0.05, 0) is 70.0 Å². The summed E-state index contributed by atoms with van der Waals surface area (Å²) in [6, 6.07) is 45.1. The minimum Gasteiger partial charge on any atom is -0.456 e. The highest BCUT2D eigenvalue weighted by Gasteiger charge is 2.29. The van der Waals surface area contributed by atoms with E-state index in [2.05, 4.69) is 171 Å². The van der Waals surface area contributed by atoms with E-state index in [4.69, 9.17) is 19.4 Å². The Morgan fingerprint density at radius 3 is 2.22 bits per heavy atom. The minimum atomic E-state index is -0.161. The monoisotopic (exact) mass is 695 g/mol. The van der Waals surface area contributed by atoms with Gasteiger partial charge in [0.15, 0.2) is 17.5 Å². The van der Waals surface area contributed by atoms with Gasteiger partial charge in [0.25, 0.3) is 0 Å². The molecular weight excluding hydrogens is 659 g/mol. The molecule has 2 aliphatic carbocycles. The van der Waals surface area contributed by atoms with Gasteiger partial charge < -0.3 is 4.42 Å². The fourth-order valence-electron chi connectivity index (χ4n) is 8.20. The summed E-state index contributed by atoms with van der Waals surface area (Å²) in [5.74, 6) is 1.98. The van der Waals surface area contributed by atoms with Crippen LogP contribution in [-0.4, -0.2) is 15.0 Å². The molecule has 2 aromatic heterocycles. The number of nitrogens with zero attached hydrogens (tertiary/aromatic N) is 3. The third kappa shape index (κ3) is 5.50. The van der Waals surface area contributed by atoms with Crippen LogP contribution in [0.2, 0.25) is 0 Å². The first kappa shape index (κ1) is 32.0. The SMILES string of the molecule is CC1(c2cccc3c2oc2cccc(-c4nc(C5=CC=CCC5)nc(-c5ccc(-c6cccc7ccccc67)c(-c6ccccc6)c5)n4)c23)C=CC=CC1. The summed E-state index contributed by atoms with van der Waals surface area (Å²) in [7, 11) is 0. The van der Waals surface area contributed by atoms with Crippen molar-refractivity contribution >= 4 is 38.3 Å². The third-order valence-corrected chi connectivity index (χ3v) is 11.0. The summed E-state index contributed by atoms with van der Waals surface area (Å²) < 4.78 is 6.73. The number of hydrogen-bond acceptors (Lipinski definition) is 4. The van der Waals surface area contributed by atoms with E-state index in [1.54, 1.807) is 0 Å². The molecule has 0 N–H and O–H groups in total. The molecule has 1 unspecified atom stereocenters. The van der Waals surface area contributed by atoms with Crippen molar-refractivity contribution in [3.05, 3.63) is 181 Å². The Labute approximate surface area is 314 Å². The largest absolute Gasteiger partial charge is 0.456 e. The molecule has 10 rings (SSSR count). The van der Waals surface area contributed by atoms with Crippen molar-refractivity contribution in [1.29, 1.82) is 0 Å². The maximum atomic E-state index is 6.73. The number of benzene rings is 6. The lowest BCUT2D eigenvalue weighted by molar-refractivity contribution is 0.581. The first-order valence-electron chi connectivity index (χ1n) is 18.7. The molecule has 0 amide bonds. The van der Waals surface area contributed by atoms with Gasteiger partial charge in [-0.3, -0.25) is 0 Å². The van der Waals surface area contributed by atoms with E-state index >= 15 is 0 Å². The Kier molecular flexibility index (Phi) is 7.76. The molecule has 0 bridgehead atoms. The molecule has 4 nitrogen and oxygen atoms in total. The van der Waals surface area contributed by atoms with Crippen LogP contribution >= 0.6 is 0 Å². The number of rotatable bonds is 6. The van der Waals surface area contributed by atoms with Gasteiger partial charge in [0, 0.05) is 32.9 Å². The lowest BCUT2D eigenvalue weighted by Crippen LogP contribution is -2.19. The molecule has 1 atom stereocenters. The molecule has 4 heteroatoms. The highest BCUT2D eigenvalue weighted by molar-refractivity contribution is 6.12. The summed E-state index contributed by atoms with van der Waals surface area (Å²) in [6.07, 6.45) is 17.9. The first-order chi connectivity index (χ1) is 26.6. The fraction of sp³-hybridized carbons (Fsp3) is 0.100. The Balaban J connectivity index is 1.19. The molecule has 258 valence electrons. The smallest absolute Gasteiger partial charge is 0.164 e. The number of allylic oxidation sites excluding steroid dienone is 8. The van der Waals surface area contributed by atoms with Crippen molar-refractivity contribution in [2.45, 2.75) is 31.6 Å². The van der Waals surface area contributed by atoms with Crippen LogP contribution in [0.5, 0.6) is 0 Å². The first-order valence-corrected chi connectivity index (χ1v) is 18.7. The maximum Gasteiger partial charge on any atom is 0.164 e. The van der Waals surface area contributed by atoms with Gasteiger partial charge in [0.2, 0.25) is 0 Å². The quantitative estimate of drug-likeness (QED) is 0.174. The number of hydrogen-bond donors (Lipinski definition) is 0. The van der Waals surface area contributed by atoms with E-state index < -0.39 is 0 Å². The van der Waals surface area contributed by atoms with Gasteiger partial charge in [0.05, 0.1) is 0 Å². The van der Waals surface area contributed by atoms with Crippen molar-refractivity contribution in [1.82, 2.24) is 15.0 Å². The van der Waals surface area contributed by atoms with Crippen LogP contribution in [0.3, 0.4) is 0 Å². The average molecular weight is 696 g/mol. The van der Waals surface area contributed by atoms with Gasteiger partial charge in [-0.2, -0.15) is 0 Å². The molecule has 0 saturated heterocycles. The Morgan fingerprint density at radius 1 is 0.574 bits per heavy atom. The zero-order valence-corrected chi connectivity index (χ0v) is 30.0. The second-order valence-corrected chi connectivity index (χ2v) is 14.5. The number of para-hydroxylation sites is 1. The molecule has 2 heterocycles. The van der Waals surface area contributed by atoms with Crippen molar-refractivity contribution < 1.29 is 4.42 Å². The Morgan fingerprint density at radius 2 is 1.35 bits per heavy atom. The number of aromatic nitrogens is 3. The second kappa shape index (κ2) is 13.1. The normalized spacial score (nSPS) is 16.7. The molecule has 0 aliphatic heterocycles. The lowest BCUT2D eigenvalue weighted by Gasteiger charge is -2.27. The standard InChI is InChI=1S/C50H37N3O/c1-50(30-11-4-12-31-50)43-26-14-24-40-45-41(25-15-27-44(45)54-46(40)43)49-52-47(35-19-7-3-8-20-35)51-48(53-49)36-28-29-39(42(32-36)34-16-5-2-6-17-34)38-23-13-21-33-18-9-10-22-37(33)38/h2-7,9-19,21-30,32H,8,20,31H2,1H3. The predicted molar refractivity (Wildman–Crippen MR) is 223 cm³/mol. The van der Waals surface area contributed by atoms with Crippen LogP contribution in [0.1, 0.15) is 37.6 Å². The lowest BCUT2D eigenvalue weighted by atomic mass is 9.77. The molecule has 6 aromatic carbocycles. The van der Waals surface area contributed by atoms with E-state index in [0.717, 1.165) is 69.0 Å². The van der Waals surface area contributed by atoms with Gasteiger partial charge >= 0.3 is 0 Å². The summed E-state index contributed by atoms with van der Waals surface area (Å²) in [6.45, 7) is 2.28. The van der Waals surface area contributed by atoms with E-state index in [0.29, 0.717) is 17.5 Å². The van der Waals surface area contributed by atoms with Gasteiger partial charge in [-0.15, -0.1) is 0 Å². The molecule has 54 heavy (non-hydrogen) atoms. The second-order valence-electron chi connectivity index (χ2n) is 14.5. The number of furan rings is 1. The zero-order chi connectivity index (χ0) is 36.1. The molecule has 0 spiro atoms. The van der Waals surface area contributed by atoms with Crippen LogP contribution < -0.4 is 0 Å². The summed E-state index contributed by atoms with van der Waals surface area (Å²) >= 11 is 0. The summed E-state index contributed by atoms with van der Waals surface area (Å²) in [5.41, 5.74) is 10.4. The fourth-order valence-corrected chi connectivity index (χ4v) is 8.20. The van der Waals surface area contributed by atoms with Crippen LogP contribution in [-0.2, 0) is 5.41 Å². The summed E-state index contributed by atoms with van der Waals surface area (Å²) in [5, 5.41) is 4.52. The van der Waals surface area contributed by atoms with Crippen molar-refractivity contribution in [2.24, 2.45) is 0 Å². The topological polar surface area (TPSA) is 51.8 Å². The van der Waals surface area contributed by atoms with Crippen LogP contribution in [0.25, 0.3) is 83.3 Å². The Bertz CT molecular complexity index is 2870. The van der Waals surface area contributed by atoms with Crippen LogP contribution in [0.15, 0.2) is 174 Å². The van der Waals surface area contributed by atoms with Gasteiger partial charge in [-0.1, -0.05) is 165 Å². The molecule has 0 fully saturated rings. The van der Waals surface area contributed by atoms with Crippen LogP contribution in [0.4, 0.5) is 0 Å². The van der Waals surface area contributed by atoms with Crippen molar-refractivity contribution in [3.8, 4) is 45.0 Å². The highest BCUT2D eigenvalue weighted by Crippen LogP contribution is 2.43. The molecule has 8 aromatic rings. The van der Waals surface area contributed by atoms with E-state index in [1.807, 2.05) is 6.07 Å². The molecular formula is C50H37N3O. The maximum absolute atomic E-state index is 6.73. The average Bonchev–Trinajstić information content (AvgIpc) is 3.63. The van der Waals surface area contributed by atoms with Crippen molar-refractivity contribution in [2.75, 3.05) is 0 Å². The van der Waals surface area contributed by atoms with Gasteiger partial charge in [-0.25, -0.2) is 15.0 Å². The third-order valence-electron chi connectivity index (χ3n) is 11.0. The highest BCUT2D eigenvalue weighted by atomic mass is 16.3. The van der Waals surface area contributed by atoms with E-state index in [-0.39, 0.29) is 5.41 Å². The number of fused-ring (bicyclic) bond motifs is 4. The zero-order valence-electron chi connectivity index (χ0n) is 30.0.